The monoisotopic (exact) mass is 387 g/mol. The van der Waals surface area contributed by atoms with Crippen LogP contribution in [0.2, 0.25) is 5.02 Å². The normalized spacial score (nSPS) is 11.6. The molecule has 2 aromatic carbocycles. The van der Waals surface area contributed by atoms with Gasteiger partial charge in [0.05, 0.1) is 18.3 Å². The lowest BCUT2D eigenvalue weighted by molar-refractivity contribution is -0.136. The zero-order valence-electron chi connectivity index (χ0n) is 14.0. The van der Waals surface area contributed by atoms with Gasteiger partial charge in [-0.05, 0) is 23.8 Å². The van der Waals surface area contributed by atoms with Gasteiger partial charge in [0.25, 0.3) is 0 Å². The maximum atomic E-state index is 13.7. The number of carbonyl (C=O) groups is 2. The molecule has 7 nitrogen and oxygen atoms in total. The highest BCUT2D eigenvalue weighted by molar-refractivity contribution is 6.40. The molecule has 138 valence electrons. The first-order valence-electron chi connectivity index (χ1n) is 7.97. The van der Waals surface area contributed by atoms with Crippen molar-refractivity contribution in [3.05, 3.63) is 77.6 Å². The average Bonchev–Trinajstić information content (AvgIpc) is 3.18. The average molecular weight is 388 g/mol. The van der Waals surface area contributed by atoms with Crippen LogP contribution in [0.5, 0.6) is 0 Å². The standard InChI is InChI=1S/C18H15ClFN5O2/c19-13-6-7-14(20)15(8-13)23-17(26)18(27)24-16(9-25-11-21-10-22-25)12-4-2-1-3-5-12/h1-8,10-11,16H,9H2,(H,23,26)(H,24,27)/t16-/m1/s1. The van der Waals surface area contributed by atoms with E-state index in [2.05, 4.69) is 20.7 Å². The first-order chi connectivity index (χ1) is 13.0. The van der Waals surface area contributed by atoms with E-state index in [4.69, 9.17) is 11.6 Å². The van der Waals surface area contributed by atoms with Gasteiger partial charge in [0.1, 0.15) is 18.5 Å². The van der Waals surface area contributed by atoms with Crippen LogP contribution in [0.3, 0.4) is 0 Å². The Hall–Kier alpha value is -3.26. The number of amides is 2. The van der Waals surface area contributed by atoms with Crippen molar-refractivity contribution in [1.82, 2.24) is 20.1 Å². The summed E-state index contributed by atoms with van der Waals surface area (Å²) in [6.45, 7) is 0.272. The molecule has 2 N–H and O–H groups in total. The van der Waals surface area contributed by atoms with E-state index in [-0.39, 0.29) is 17.3 Å². The number of carbonyl (C=O) groups excluding carboxylic acids is 2. The number of benzene rings is 2. The summed E-state index contributed by atoms with van der Waals surface area (Å²) in [6.07, 6.45) is 2.88. The molecule has 1 heterocycles. The van der Waals surface area contributed by atoms with Crippen molar-refractivity contribution in [3.63, 3.8) is 0 Å². The summed E-state index contributed by atoms with van der Waals surface area (Å²) in [5, 5.41) is 9.10. The van der Waals surface area contributed by atoms with Crippen molar-refractivity contribution < 1.29 is 14.0 Å². The molecule has 0 aliphatic carbocycles. The lowest BCUT2D eigenvalue weighted by Crippen LogP contribution is -2.39. The van der Waals surface area contributed by atoms with Crippen LogP contribution in [0.25, 0.3) is 0 Å². The van der Waals surface area contributed by atoms with Crippen molar-refractivity contribution in [1.29, 1.82) is 0 Å². The Kier molecular flexibility index (Phi) is 5.77. The molecule has 9 heteroatoms. The Balaban J connectivity index is 1.73. The van der Waals surface area contributed by atoms with E-state index in [0.29, 0.717) is 0 Å². The summed E-state index contributed by atoms with van der Waals surface area (Å²) in [5.74, 6) is -2.61. The zero-order chi connectivity index (χ0) is 19.2. The quantitative estimate of drug-likeness (QED) is 0.658. The van der Waals surface area contributed by atoms with Gasteiger partial charge in [0.15, 0.2) is 0 Å². The van der Waals surface area contributed by atoms with Gasteiger partial charge in [-0.25, -0.2) is 9.37 Å². The molecule has 0 fully saturated rings. The number of halogens is 2. The lowest BCUT2D eigenvalue weighted by atomic mass is 10.1. The summed E-state index contributed by atoms with van der Waals surface area (Å²) in [5.41, 5.74) is 0.610. The summed E-state index contributed by atoms with van der Waals surface area (Å²) in [6, 6.07) is 12.2. The minimum Gasteiger partial charge on any atom is -0.339 e. The maximum Gasteiger partial charge on any atom is 0.313 e. The Morgan fingerprint density at radius 2 is 1.93 bits per heavy atom. The van der Waals surface area contributed by atoms with Crippen LogP contribution in [0.1, 0.15) is 11.6 Å². The van der Waals surface area contributed by atoms with Gasteiger partial charge in [0, 0.05) is 5.02 Å². The largest absolute Gasteiger partial charge is 0.339 e. The molecule has 3 rings (SSSR count). The molecule has 3 aromatic rings. The summed E-state index contributed by atoms with van der Waals surface area (Å²) >= 11 is 5.79. The van der Waals surface area contributed by atoms with Gasteiger partial charge < -0.3 is 10.6 Å². The fourth-order valence-electron chi connectivity index (χ4n) is 2.43. The molecule has 0 saturated carbocycles. The Labute approximate surface area is 159 Å². The van der Waals surface area contributed by atoms with Gasteiger partial charge in [-0.1, -0.05) is 41.9 Å². The van der Waals surface area contributed by atoms with Gasteiger partial charge in [0.2, 0.25) is 0 Å². The molecule has 1 atom stereocenters. The molecular weight excluding hydrogens is 373 g/mol. The second-order valence-corrected chi connectivity index (χ2v) is 6.07. The van der Waals surface area contributed by atoms with Crippen LogP contribution >= 0.6 is 11.6 Å². The highest BCUT2D eigenvalue weighted by Gasteiger charge is 2.21. The first-order valence-corrected chi connectivity index (χ1v) is 8.35. The molecule has 2 amide bonds. The predicted octanol–water partition coefficient (Wildman–Crippen LogP) is 2.57. The van der Waals surface area contributed by atoms with E-state index >= 15 is 0 Å². The van der Waals surface area contributed by atoms with Crippen LogP contribution < -0.4 is 10.6 Å². The smallest absolute Gasteiger partial charge is 0.313 e. The van der Waals surface area contributed by atoms with Gasteiger partial charge in [-0.15, -0.1) is 0 Å². The van der Waals surface area contributed by atoms with Crippen LogP contribution in [-0.4, -0.2) is 26.6 Å². The molecule has 0 aliphatic heterocycles. The number of rotatable bonds is 5. The number of hydrogen-bond acceptors (Lipinski definition) is 4. The molecule has 0 aliphatic rings. The van der Waals surface area contributed by atoms with Gasteiger partial charge >= 0.3 is 11.8 Å². The molecule has 0 spiro atoms. The van der Waals surface area contributed by atoms with Crippen LogP contribution in [0.15, 0.2) is 61.2 Å². The van der Waals surface area contributed by atoms with E-state index in [9.17, 15) is 14.0 Å². The van der Waals surface area contributed by atoms with E-state index in [1.54, 1.807) is 0 Å². The highest BCUT2D eigenvalue weighted by atomic mass is 35.5. The molecule has 0 bridgehead atoms. The van der Waals surface area contributed by atoms with Crippen molar-refractivity contribution in [2.45, 2.75) is 12.6 Å². The zero-order valence-corrected chi connectivity index (χ0v) is 14.7. The topological polar surface area (TPSA) is 88.9 Å². The van der Waals surface area contributed by atoms with E-state index in [1.165, 1.54) is 29.5 Å². The van der Waals surface area contributed by atoms with Crippen molar-refractivity contribution >= 4 is 29.1 Å². The number of anilines is 1. The second-order valence-electron chi connectivity index (χ2n) is 5.63. The molecular formula is C18H15ClFN5O2. The van der Waals surface area contributed by atoms with Crippen molar-refractivity contribution in [2.75, 3.05) is 5.32 Å². The van der Waals surface area contributed by atoms with Gasteiger partial charge in [-0.2, -0.15) is 5.10 Å². The van der Waals surface area contributed by atoms with Crippen LogP contribution in [0.4, 0.5) is 10.1 Å². The summed E-state index contributed by atoms with van der Waals surface area (Å²) < 4.78 is 15.3. The minimum absolute atomic E-state index is 0.171. The van der Waals surface area contributed by atoms with E-state index in [0.717, 1.165) is 11.6 Å². The van der Waals surface area contributed by atoms with E-state index < -0.39 is 23.7 Å². The Bertz CT molecular complexity index is 934. The molecule has 0 unspecified atom stereocenters. The Morgan fingerprint density at radius 3 is 2.63 bits per heavy atom. The Morgan fingerprint density at radius 1 is 1.15 bits per heavy atom. The summed E-state index contributed by atoms with van der Waals surface area (Å²) in [4.78, 5) is 28.4. The highest BCUT2D eigenvalue weighted by Crippen LogP contribution is 2.20. The first kappa shape index (κ1) is 18.5. The number of hydrogen-bond donors (Lipinski definition) is 2. The number of nitrogens with one attached hydrogen (secondary N) is 2. The minimum atomic E-state index is -1.00. The second kappa shape index (κ2) is 8.41. The van der Waals surface area contributed by atoms with E-state index in [1.807, 2.05) is 30.3 Å². The maximum absolute atomic E-state index is 13.7. The SMILES string of the molecule is O=C(Nc1cc(Cl)ccc1F)C(=O)N[C@H](Cn1cncn1)c1ccccc1. The summed E-state index contributed by atoms with van der Waals surface area (Å²) in [7, 11) is 0. The lowest BCUT2D eigenvalue weighted by Gasteiger charge is -2.19. The number of aromatic nitrogens is 3. The molecule has 0 saturated heterocycles. The third-order valence-electron chi connectivity index (χ3n) is 3.73. The van der Waals surface area contributed by atoms with Crippen molar-refractivity contribution in [3.8, 4) is 0 Å². The molecule has 27 heavy (non-hydrogen) atoms. The van der Waals surface area contributed by atoms with Crippen LogP contribution in [0, 0.1) is 5.82 Å². The van der Waals surface area contributed by atoms with Gasteiger partial charge in [-0.3, -0.25) is 14.3 Å². The third-order valence-corrected chi connectivity index (χ3v) is 3.96. The van der Waals surface area contributed by atoms with Crippen LogP contribution in [-0.2, 0) is 16.1 Å². The fraction of sp³-hybridized carbons (Fsp3) is 0.111. The fourth-order valence-corrected chi connectivity index (χ4v) is 2.60. The predicted molar refractivity (Wildman–Crippen MR) is 97.4 cm³/mol. The van der Waals surface area contributed by atoms with Crippen molar-refractivity contribution in [2.24, 2.45) is 0 Å². The number of nitrogens with zero attached hydrogens (tertiary/aromatic N) is 3. The third kappa shape index (κ3) is 4.89. The molecule has 1 aromatic heterocycles. The molecule has 0 radical (unpaired) electrons.